The van der Waals surface area contributed by atoms with Crippen LogP contribution in [0.1, 0.15) is 42.4 Å². The molecule has 0 spiro atoms. The lowest BCUT2D eigenvalue weighted by molar-refractivity contribution is 0.842. The molecule has 1 unspecified atom stereocenters. The molecule has 3 rings (SSSR count). The van der Waals surface area contributed by atoms with E-state index in [4.69, 9.17) is 6.57 Å². The van der Waals surface area contributed by atoms with Crippen molar-refractivity contribution in [3.05, 3.63) is 70.0 Å². The number of nitrogens with one attached hydrogen (secondary N) is 2. The topological polar surface area (TPSA) is 45.1 Å². The van der Waals surface area contributed by atoms with Gasteiger partial charge >= 0.3 is 0 Å². The van der Waals surface area contributed by atoms with Crippen molar-refractivity contribution >= 4 is 5.82 Å². The Morgan fingerprint density at radius 3 is 2.81 bits per heavy atom. The summed E-state index contributed by atoms with van der Waals surface area (Å²) >= 11 is 0. The van der Waals surface area contributed by atoms with E-state index >= 15 is 0 Å². The molecule has 0 saturated heterocycles. The van der Waals surface area contributed by atoms with Crippen molar-refractivity contribution in [3.8, 4) is 0 Å². The molecule has 1 aliphatic rings. The van der Waals surface area contributed by atoms with Gasteiger partial charge in [-0.1, -0.05) is 37.6 Å². The summed E-state index contributed by atoms with van der Waals surface area (Å²) in [6.07, 6.45) is 3.71. The van der Waals surface area contributed by atoms with Crippen LogP contribution in [0.25, 0.3) is 4.85 Å². The van der Waals surface area contributed by atoms with Gasteiger partial charge in [-0.3, -0.25) is 5.10 Å². The number of aromatic nitrogens is 2. The lowest BCUT2D eigenvalue weighted by Gasteiger charge is -2.27. The summed E-state index contributed by atoms with van der Waals surface area (Å²) in [6, 6.07) is 8.27. The van der Waals surface area contributed by atoms with Crippen molar-refractivity contribution < 1.29 is 0 Å². The van der Waals surface area contributed by atoms with Gasteiger partial charge in [-0.25, -0.2) is 4.85 Å². The van der Waals surface area contributed by atoms with Gasteiger partial charge in [-0.15, -0.1) is 0 Å². The van der Waals surface area contributed by atoms with Crippen LogP contribution in [0.5, 0.6) is 0 Å². The van der Waals surface area contributed by atoms with Crippen LogP contribution in [0.4, 0.5) is 5.82 Å². The summed E-state index contributed by atoms with van der Waals surface area (Å²) < 4.78 is 0. The highest BCUT2D eigenvalue weighted by atomic mass is 15.2. The normalized spacial score (nSPS) is 17.1. The van der Waals surface area contributed by atoms with Gasteiger partial charge in [0.1, 0.15) is 5.82 Å². The maximum atomic E-state index is 7.65. The fraction of sp³-hybridized carbons (Fsp3) is 0.294. The highest BCUT2D eigenvalue weighted by Crippen LogP contribution is 2.43. The van der Waals surface area contributed by atoms with Crippen LogP contribution in [0.2, 0.25) is 0 Å². The van der Waals surface area contributed by atoms with Crippen LogP contribution >= 0.6 is 0 Å². The summed E-state index contributed by atoms with van der Waals surface area (Å²) in [5.74, 6) is 0.888. The number of hydrogen-bond acceptors (Lipinski definition) is 2. The van der Waals surface area contributed by atoms with E-state index in [1.165, 1.54) is 11.1 Å². The molecule has 1 aromatic heterocycles. The zero-order valence-electron chi connectivity index (χ0n) is 12.3. The van der Waals surface area contributed by atoms with Crippen LogP contribution in [0, 0.1) is 13.5 Å². The molecule has 1 atom stereocenters. The fourth-order valence-corrected chi connectivity index (χ4v) is 2.95. The molecule has 0 bridgehead atoms. The first-order chi connectivity index (χ1) is 10.3. The van der Waals surface area contributed by atoms with E-state index in [2.05, 4.69) is 46.3 Å². The number of anilines is 1. The molecule has 2 N–H and O–H groups in total. The number of benzene rings is 1. The highest BCUT2D eigenvalue weighted by molar-refractivity contribution is 5.63. The molecule has 1 aliphatic heterocycles. The van der Waals surface area contributed by atoms with Crippen LogP contribution in [0.15, 0.2) is 41.9 Å². The maximum absolute atomic E-state index is 7.65. The van der Waals surface area contributed by atoms with Crippen molar-refractivity contribution in [2.45, 2.75) is 32.6 Å². The number of nitrogens with zero attached hydrogens (tertiary/aromatic N) is 2. The molecule has 2 heterocycles. The standard InChI is InChI=1S/C17H18N4/c1-4-7-14-16(18-3)15(12-9-6-5-8-11(12)2)13-10-19-21-17(13)20-14/h5-6,8-10,15H,4,7H2,1-2H3,(H2,19,20,21). The van der Waals surface area contributed by atoms with Crippen LogP contribution < -0.4 is 5.32 Å². The zero-order chi connectivity index (χ0) is 14.8. The fourth-order valence-electron chi connectivity index (χ4n) is 2.95. The third kappa shape index (κ3) is 2.21. The average molecular weight is 278 g/mol. The third-order valence-corrected chi connectivity index (χ3v) is 3.96. The minimum atomic E-state index is -0.0275. The van der Waals surface area contributed by atoms with Gasteiger partial charge in [0.15, 0.2) is 5.70 Å². The molecule has 106 valence electrons. The Morgan fingerprint density at radius 1 is 1.29 bits per heavy atom. The number of allylic oxidation sites excluding steroid dienone is 2. The van der Waals surface area contributed by atoms with Crippen molar-refractivity contribution in [3.63, 3.8) is 0 Å². The first-order valence-electron chi connectivity index (χ1n) is 7.22. The molecular formula is C17H18N4. The van der Waals surface area contributed by atoms with Crippen molar-refractivity contribution in [1.29, 1.82) is 0 Å². The van der Waals surface area contributed by atoms with Crippen LogP contribution in [-0.2, 0) is 0 Å². The lowest BCUT2D eigenvalue weighted by Crippen LogP contribution is -2.17. The lowest BCUT2D eigenvalue weighted by atomic mass is 9.84. The minimum absolute atomic E-state index is 0.0275. The second kappa shape index (κ2) is 5.45. The van der Waals surface area contributed by atoms with E-state index in [1.807, 2.05) is 18.3 Å². The van der Waals surface area contributed by atoms with Gasteiger partial charge in [-0.05, 0) is 24.5 Å². The van der Waals surface area contributed by atoms with E-state index in [0.29, 0.717) is 0 Å². The minimum Gasteiger partial charge on any atom is -0.354 e. The SMILES string of the molecule is [C-]#[N+]C1=C(CCC)Nc2[nH]ncc2C1c1ccccc1C. The molecule has 4 nitrogen and oxygen atoms in total. The number of H-pyrrole nitrogens is 1. The Bertz CT molecular complexity index is 733. The van der Waals surface area contributed by atoms with Crippen molar-refractivity contribution in [2.75, 3.05) is 5.32 Å². The quantitative estimate of drug-likeness (QED) is 0.826. The smallest absolute Gasteiger partial charge is 0.196 e. The maximum Gasteiger partial charge on any atom is 0.196 e. The number of fused-ring (bicyclic) bond motifs is 1. The molecule has 2 aromatic rings. The molecule has 4 heteroatoms. The Kier molecular flexibility index (Phi) is 3.49. The molecule has 0 saturated carbocycles. The van der Waals surface area contributed by atoms with Crippen molar-refractivity contribution in [1.82, 2.24) is 10.2 Å². The van der Waals surface area contributed by atoms with Crippen molar-refractivity contribution in [2.24, 2.45) is 0 Å². The summed E-state index contributed by atoms with van der Waals surface area (Å²) in [5.41, 5.74) is 5.24. The van der Waals surface area contributed by atoms with Gasteiger partial charge < -0.3 is 5.32 Å². The monoisotopic (exact) mass is 278 g/mol. The first-order valence-corrected chi connectivity index (χ1v) is 7.22. The highest BCUT2D eigenvalue weighted by Gasteiger charge is 2.31. The van der Waals surface area contributed by atoms with E-state index in [0.717, 1.165) is 35.6 Å². The molecular weight excluding hydrogens is 260 g/mol. The average Bonchev–Trinajstić information content (AvgIpc) is 2.95. The van der Waals surface area contributed by atoms with Gasteiger partial charge in [-0.2, -0.15) is 5.10 Å². The number of aryl methyl sites for hydroxylation is 1. The Labute approximate surface area is 124 Å². The third-order valence-electron chi connectivity index (χ3n) is 3.96. The first kappa shape index (κ1) is 13.4. The Balaban J connectivity index is 2.20. The predicted molar refractivity (Wildman–Crippen MR) is 83.8 cm³/mol. The summed E-state index contributed by atoms with van der Waals surface area (Å²) in [7, 11) is 0. The largest absolute Gasteiger partial charge is 0.354 e. The molecule has 1 aromatic carbocycles. The molecule has 21 heavy (non-hydrogen) atoms. The zero-order valence-corrected chi connectivity index (χ0v) is 12.3. The molecule has 0 radical (unpaired) electrons. The van der Waals surface area contributed by atoms with E-state index in [-0.39, 0.29) is 5.92 Å². The van der Waals surface area contributed by atoms with Crippen LogP contribution in [0.3, 0.4) is 0 Å². The van der Waals surface area contributed by atoms with Gasteiger partial charge in [0.2, 0.25) is 0 Å². The van der Waals surface area contributed by atoms with Gasteiger partial charge in [0.25, 0.3) is 0 Å². The number of aromatic amines is 1. The van der Waals surface area contributed by atoms with E-state index in [1.54, 1.807) is 0 Å². The molecule has 0 aliphatic carbocycles. The summed E-state index contributed by atoms with van der Waals surface area (Å²) in [5, 5.41) is 10.5. The Morgan fingerprint density at radius 2 is 2.10 bits per heavy atom. The van der Waals surface area contributed by atoms with Gasteiger partial charge in [0, 0.05) is 11.3 Å². The summed E-state index contributed by atoms with van der Waals surface area (Å²) in [6.45, 7) is 11.9. The molecule has 0 fully saturated rings. The van der Waals surface area contributed by atoms with E-state index in [9.17, 15) is 0 Å². The second-order valence-corrected chi connectivity index (χ2v) is 5.34. The summed E-state index contributed by atoms with van der Waals surface area (Å²) in [4.78, 5) is 3.85. The second-order valence-electron chi connectivity index (χ2n) is 5.34. The van der Waals surface area contributed by atoms with E-state index < -0.39 is 0 Å². The Hall–Kier alpha value is -2.54. The number of hydrogen-bond donors (Lipinski definition) is 2. The predicted octanol–water partition coefficient (Wildman–Crippen LogP) is 4.21. The number of rotatable bonds is 3. The van der Waals surface area contributed by atoms with Crippen LogP contribution in [-0.4, -0.2) is 10.2 Å². The van der Waals surface area contributed by atoms with Gasteiger partial charge in [0.05, 0.1) is 18.7 Å². The molecule has 0 amide bonds.